The Morgan fingerprint density at radius 2 is 1.84 bits per heavy atom. The molecule has 1 aliphatic heterocycles. The molecule has 3 aromatic rings. The molecule has 0 amide bonds. The van der Waals surface area contributed by atoms with Gasteiger partial charge in [-0.05, 0) is 24.3 Å². The van der Waals surface area contributed by atoms with Gasteiger partial charge in [-0.2, -0.15) is 0 Å². The number of hydrogen-bond donors (Lipinski definition) is 3. The van der Waals surface area contributed by atoms with Crippen LogP contribution in [0.4, 0.5) is 13.2 Å². The molecule has 32 heavy (non-hydrogen) atoms. The van der Waals surface area contributed by atoms with E-state index in [0.717, 1.165) is 28.6 Å². The minimum absolute atomic E-state index is 0.0145. The molecule has 170 valence electrons. The van der Waals surface area contributed by atoms with Gasteiger partial charge in [-0.3, -0.25) is 0 Å². The van der Waals surface area contributed by atoms with Crippen LogP contribution in [-0.4, -0.2) is 65.7 Å². The van der Waals surface area contributed by atoms with Crippen molar-refractivity contribution in [2.24, 2.45) is 0 Å². The van der Waals surface area contributed by atoms with E-state index < -0.39 is 53.8 Å². The summed E-state index contributed by atoms with van der Waals surface area (Å²) in [5.41, 5.74) is -1.04. The Bertz CT molecular complexity index is 1100. The molecule has 4 rings (SSSR count). The van der Waals surface area contributed by atoms with Gasteiger partial charge in [0.1, 0.15) is 40.6 Å². The molecule has 1 fully saturated rings. The third-order valence-electron chi connectivity index (χ3n) is 4.89. The second-order valence-corrected chi connectivity index (χ2v) is 8.53. The van der Waals surface area contributed by atoms with E-state index in [1.165, 1.54) is 12.4 Å². The van der Waals surface area contributed by atoms with E-state index in [9.17, 15) is 28.5 Å². The largest absolute Gasteiger partial charge is 0.394 e. The van der Waals surface area contributed by atoms with Gasteiger partial charge in [0.15, 0.2) is 17.5 Å². The highest BCUT2D eigenvalue weighted by Gasteiger charge is 2.46. The van der Waals surface area contributed by atoms with Crippen LogP contribution in [0.25, 0.3) is 11.3 Å². The molecule has 0 spiro atoms. The third-order valence-corrected chi connectivity index (χ3v) is 6.25. The minimum Gasteiger partial charge on any atom is -0.394 e. The van der Waals surface area contributed by atoms with Crippen molar-refractivity contribution in [2.45, 2.75) is 34.7 Å². The Morgan fingerprint density at radius 1 is 1.12 bits per heavy atom. The van der Waals surface area contributed by atoms with Gasteiger partial charge in [0.2, 0.25) is 0 Å². The maximum absolute atomic E-state index is 13.6. The van der Waals surface area contributed by atoms with Gasteiger partial charge in [-0.25, -0.2) is 22.8 Å². The molecule has 0 radical (unpaired) electrons. The molecular formula is C19H16ClF3N4O4S. The molecule has 0 saturated carbocycles. The molecule has 1 aliphatic rings. The van der Waals surface area contributed by atoms with Crippen LogP contribution in [0.5, 0.6) is 0 Å². The predicted octanol–water partition coefficient (Wildman–Crippen LogP) is 2.18. The number of aliphatic hydroxyl groups excluding tert-OH is 3. The fourth-order valence-electron chi connectivity index (χ4n) is 3.33. The number of aromatic nitrogens is 4. The zero-order chi connectivity index (χ0) is 23.0. The zero-order valence-corrected chi connectivity index (χ0v) is 17.6. The first kappa shape index (κ1) is 23.0. The van der Waals surface area contributed by atoms with E-state index in [0.29, 0.717) is 4.90 Å². The van der Waals surface area contributed by atoms with Crippen LogP contribution in [0, 0.1) is 17.5 Å². The number of hydrogen-bond acceptors (Lipinski definition) is 8. The van der Waals surface area contributed by atoms with Crippen LogP contribution in [0.15, 0.2) is 41.6 Å². The lowest BCUT2D eigenvalue weighted by Crippen LogP contribution is -2.55. The van der Waals surface area contributed by atoms with Gasteiger partial charge in [-0.1, -0.05) is 28.6 Å². The molecule has 8 nitrogen and oxygen atoms in total. The number of pyridine rings is 1. The molecule has 5 atom stereocenters. The lowest BCUT2D eigenvalue weighted by Gasteiger charge is -2.41. The highest BCUT2D eigenvalue weighted by atomic mass is 35.5. The summed E-state index contributed by atoms with van der Waals surface area (Å²) >= 11 is 6.98. The van der Waals surface area contributed by atoms with E-state index in [-0.39, 0.29) is 16.4 Å². The third kappa shape index (κ3) is 4.47. The van der Waals surface area contributed by atoms with Crippen molar-refractivity contribution in [3.63, 3.8) is 0 Å². The Morgan fingerprint density at radius 3 is 2.50 bits per heavy atom. The molecule has 0 aliphatic carbocycles. The van der Waals surface area contributed by atoms with Crippen LogP contribution in [0.3, 0.4) is 0 Å². The minimum atomic E-state index is -1.61. The second kappa shape index (κ2) is 9.33. The number of benzene rings is 1. The number of aliphatic hydroxyl groups is 3. The first-order chi connectivity index (χ1) is 15.3. The van der Waals surface area contributed by atoms with Crippen LogP contribution < -0.4 is 0 Å². The monoisotopic (exact) mass is 488 g/mol. The lowest BCUT2D eigenvalue weighted by molar-refractivity contribution is -0.178. The Kier molecular flexibility index (Phi) is 6.70. The highest BCUT2D eigenvalue weighted by Crippen LogP contribution is 2.38. The number of rotatable bonds is 5. The summed E-state index contributed by atoms with van der Waals surface area (Å²) in [6.45, 7) is -0.547. The van der Waals surface area contributed by atoms with Gasteiger partial charge in [-0.15, -0.1) is 5.10 Å². The van der Waals surface area contributed by atoms with Crippen molar-refractivity contribution in [1.82, 2.24) is 20.0 Å². The van der Waals surface area contributed by atoms with E-state index >= 15 is 0 Å². The Labute approximate surface area is 188 Å². The average molecular weight is 489 g/mol. The van der Waals surface area contributed by atoms with Crippen LogP contribution in [0.2, 0.25) is 5.15 Å². The zero-order valence-electron chi connectivity index (χ0n) is 16.0. The van der Waals surface area contributed by atoms with E-state index in [2.05, 4.69) is 15.3 Å². The smallest absolute Gasteiger partial charge is 0.194 e. The normalized spacial score (nSPS) is 25.8. The first-order valence-electron chi connectivity index (χ1n) is 9.26. The number of halogens is 4. The van der Waals surface area contributed by atoms with Crippen molar-refractivity contribution >= 4 is 23.4 Å². The van der Waals surface area contributed by atoms with E-state index in [4.69, 9.17) is 16.3 Å². The van der Waals surface area contributed by atoms with Crippen molar-refractivity contribution in [3.8, 4) is 11.3 Å². The molecule has 13 heteroatoms. The fraction of sp³-hybridized carbons (Fsp3) is 0.316. The summed E-state index contributed by atoms with van der Waals surface area (Å²) in [4.78, 5) is 4.50. The van der Waals surface area contributed by atoms with Gasteiger partial charge in [0.25, 0.3) is 0 Å². The number of nitrogens with zero attached hydrogens (tertiary/aromatic N) is 4. The summed E-state index contributed by atoms with van der Waals surface area (Å²) in [6.07, 6.45) is -1.06. The molecule has 0 bridgehead atoms. The molecule has 1 aromatic carbocycles. The van der Waals surface area contributed by atoms with Crippen LogP contribution in [-0.2, 0) is 4.74 Å². The molecule has 3 N–H and O–H groups in total. The van der Waals surface area contributed by atoms with Crippen molar-refractivity contribution in [2.75, 3.05) is 6.61 Å². The van der Waals surface area contributed by atoms with Gasteiger partial charge < -0.3 is 20.1 Å². The lowest BCUT2D eigenvalue weighted by atomic mass is 9.97. The van der Waals surface area contributed by atoms with Crippen molar-refractivity contribution in [1.29, 1.82) is 0 Å². The maximum atomic E-state index is 13.6. The van der Waals surface area contributed by atoms with Crippen LogP contribution >= 0.6 is 23.4 Å². The molecule has 2 aromatic heterocycles. The molecule has 1 saturated heterocycles. The fourth-order valence-corrected chi connectivity index (χ4v) is 4.65. The Hall–Kier alpha value is -2.22. The highest BCUT2D eigenvalue weighted by molar-refractivity contribution is 7.99. The maximum Gasteiger partial charge on any atom is 0.194 e. The molecule has 3 heterocycles. The van der Waals surface area contributed by atoms with Crippen molar-refractivity contribution < 1.29 is 33.2 Å². The number of ether oxygens (including phenoxy) is 1. The van der Waals surface area contributed by atoms with E-state index in [1.54, 1.807) is 12.1 Å². The first-order valence-corrected chi connectivity index (χ1v) is 10.5. The average Bonchev–Trinajstić information content (AvgIpc) is 3.23. The summed E-state index contributed by atoms with van der Waals surface area (Å²) in [5, 5.41) is 39.1. The van der Waals surface area contributed by atoms with E-state index in [1.807, 2.05) is 0 Å². The topological polar surface area (TPSA) is 114 Å². The summed E-state index contributed by atoms with van der Waals surface area (Å²) in [7, 11) is 0. The quantitative estimate of drug-likeness (QED) is 0.370. The standard InChI is InChI=1S/C19H16ClF3N4O4S/c20-14-5-9(1-2-24-14)32-19-18(30)16(17(29)13(7-28)31-19)27-6-12(25-26-27)8-3-10(21)15(23)11(22)4-8/h1-6,13,16-19,28-30H,7H2/t13?,16?,17-,18?,19+/m0/s1. The SMILES string of the molecule is OCC1O[C@H](Sc2ccnc(Cl)c2)C(O)C(n2cc(-c3cc(F)c(F)c(F)c3)nn2)[C@H]1O. The van der Waals surface area contributed by atoms with Gasteiger partial charge in [0, 0.05) is 16.7 Å². The number of thioether (sulfide) groups is 1. The summed E-state index contributed by atoms with van der Waals surface area (Å²) in [5.74, 6) is -4.40. The molecule has 3 unspecified atom stereocenters. The van der Waals surface area contributed by atoms with Crippen molar-refractivity contribution in [3.05, 3.63) is 59.3 Å². The summed E-state index contributed by atoms with van der Waals surface area (Å²) in [6, 6.07) is 3.60. The van der Waals surface area contributed by atoms with Gasteiger partial charge >= 0.3 is 0 Å². The van der Waals surface area contributed by atoms with Gasteiger partial charge in [0.05, 0.1) is 12.8 Å². The summed E-state index contributed by atoms with van der Waals surface area (Å²) < 4.78 is 47.2. The predicted molar refractivity (Wildman–Crippen MR) is 107 cm³/mol. The second-order valence-electron chi connectivity index (χ2n) is 6.97. The molecular weight excluding hydrogens is 473 g/mol. The Balaban J connectivity index is 1.64. The van der Waals surface area contributed by atoms with Crippen LogP contribution in [0.1, 0.15) is 6.04 Å².